The van der Waals surface area contributed by atoms with Gasteiger partial charge in [0.15, 0.2) is 12.7 Å². The van der Waals surface area contributed by atoms with Crippen LogP contribution in [0.1, 0.15) is 24.5 Å². The zero-order valence-electron chi connectivity index (χ0n) is 15.5. The van der Waals surface area contributed by atoms with Crippen molar-refractivity contribution in [2.45, 2.75) is 33.3 Å². The lowest BCUT2D eigenvalue weighted by Gasteiger charge is -2.18. The van der Waals surface area contributed by atoms with Crippen molar-refractivity contribution in [1.29, 1.82) is 0 Å². The summed E-state index contributed by atoms with van der Waals surface area (Å²) in [6.07, 6.45) is -0.244. The maximum absolute atomic E-state index is 12.3. The molecular weight excluding hydrogens is 412 g/mol. The molecule has 27 heavy (non-hydrogen) atoms. The number of aryl methyl sites for hydroxylation is 2. The van der Waals surface area contributed by atoms with Crippen molar-refractivity contribution in [1.82, 2.24) is 10.9 Å². The molecule has 0 radical (unpaired) electrons. The van der Waals surface area contributed by atoms with Crippen molar-refractivity contribution in [3.05, 3.63) is 58.1 Å². The zero-order chi connectivity index (χ0) is 19.8. The minimum atomic E-state index is -0.707. The Morgan fingerprint density at radius 1 is 1.07 bits per heavy atom. The molecule has 0 saturated carbocycles. The van der Waals surface area contributed by atoms with Crippen LogP contribution < -0.4 is 20.3 Å². The van der Waals surface area contributed by atoms with E-state index in [4.69, 9.17) is 9.47 Å². The number of amides is 2. The molecule has 0 aliphatic rings. The summed E-state index contributed by atoms with van der Waals surface area (Å²) in [5, 5.41) is 0. The van der Waals surface area contributed by atoms with Gasteiger partial charge in [-0.2, -0.15) is 0 Å². The summed E-state index contributed by atoms with van der Waals surface area (Å²) in [6.45, 7) is 5.46. The molecule has 2 aromatic rings. The smallest absolute Gasteiger partial charge is 0.279 e. The normalized spacial score (nSPS) is 11.4. The van der Waals surface area contributed by atoms with E-state index in [1.165, 1.54) is 0 Å². The lowest BCUT2D eigenvalue weighted by atomic mass is 10.2. The van der Waals surface area contributed by atoms with Crippen LogP contribution in [-0.2, 0) is 9.59 Å². The van der Waals surface area contributed by atoms with E-state index in [1.54, 1.807) is 12.1 Å². The molecule has 2 N–H and O–H groups in total. The van der Waals surface area contributed by atoms with Gasteiger partial charge < -0.3 is 9.47 Å². The summed E-state index contributed by atoms with van der Waals surface area (Å²) in [7, 11) is 0. The highest BCUT2D eigenvalue weighted by Crippen LogP contribution is 2.21. The Bertz CT molecular complexity index is 810. The summed E-state index contributed by atoms with van der Waals surface area (Å²) in [5.74, 6) is 0.328. The van der Waals surface area contributed by atoms with Crippen molar-refractivity contribution in [3.63, 3.8) is 0 Å². The van der Waals surface area contributed by atoms with Crippen LogP contribution in [0.25, 0.3) is 0 Å². The van der Waals surface area contributed by atoms with Gasteiger partial charge in [0.05, 0.1) is 0 Å². The number of rotatable bonds is 7. The summed E-state index contributed by atoms with van der Waals surface area (Å²) in [5.41, 5.74) is 6.66. The average molecular weight is 435 g/mol. The van der Waals surface area contributed by atoms with Gasteiger partial charge >= 0.3 is 0 Å². The fourth-order valence-corrected chi connectivity index (χ4v) is 2.51. The fraction of sp³-hybridized carbons (Fsp3) is 0.300. The first-order valence-corrected chi connectivity index (χ1v) is 9.40. The van der Waals surface area contributed by atoms with Crippen LogP contribution in [0.2, 0.25) is 0 Å². The molecule has 0 saturated heterocycles. The van der Waals surface area contributed by atoms with E-state index in [1.807, 2.05) is 51.1 Å². The molecule has 0 bridgehead atoms. The van der Waals surface area contributed by atoms with Crippen molar-refractivity contribution in [2.75, 3.05) is 6.61 Å². The third-order valence-electron chi connectivity index (χ3n) is 3.85. The van der Waals surface area contributed by atoms with E-state index < -0.39 is 17.9 Å². The third-order valence-corrected chi connectivity index (χ3v) is 4.74. The van der Waals surface area contributed by atoms with E-state index in [2.05, 4.69) is 26.8 Å². The van der Waals surface area contributed by atoms with Crippen LogP contribution in [0.15, 0.2) is 46.9 Å². The molecule has 144 valence electrons. The van der Waals surface area contributed by atoms with Gasteiger partial charge in [0.25, 0.3) is 11.8 Å². The van der Waals surface area contributed by atoms with Crippen LogP contribution >= 0.6 is 15.9 Å². The molecule has 1 unspecified atom stereocenters. The lowest BCUT2D eigenvalue weighted by Crippen LogP contribution is -2.49. The Labute approximate surface area is 167 Å². The lowest BCUT2D eigenvalue weighted by molar-refractivity contribution is -0.134. The predicted octanol–water partition coefficient (Wildman–Crippen LogP) is 3.45. The first-order valence-electron chi connectivity index (χ1n) is 8.60. The number of hydrogen-bond acceptors (Lipinski definition) is 4. The van der Waals surface area contributed by atoms with Crippen LogP contribution in [0.4, 0.5) is 0 Å². The van der Waals surface area contributed by atoms with E-state index >= 15 is 0 Å². The van der Waals surface area contributed by atoms with E-state index in [9.17, 15) is 9.59 Å². The topological polar surface area (TPSA) is 76.7 Å². The summed E-state index contributed by atoms with van der Waals surface area (Å²) in [6, 6.07) is 12.9. The number of para-hydroxylation sites is 1. The average Bonchev–Trinajstić information content (AvgIpc) is 2.66. The van der Waals surface area contributed by atoms with Gasteiger partial charge in [0.1, 0.15) is 11.5 Å². The minimum absolute atomic E-state index is 0.212. The Morgan fingerprint density at radius 2 is 1.81 bits per heavy atom. The SMILES string of the molecule is CCC(Oc1ccccc1C)C(=O)NNC(=O)COc1ccc(Br)c(C)c1. The highest BCUT2D eigenvalue weighted by Gasteiger charge is 2.19. The molecule has 2 amide bonds. The van der Waals surface area contributed by atoms with Crippen LogP contribution in [0.5, 0.6) is 11.5 Å². The Kier molecular flexibility index (Phi) is 7.67. The van der Waals surface area contributed by atoms with Gasteiger partial charge in [0.2, 0.25) is 0 Å². The molecule has 0 aliphatic heterocycles. The van der Waals surface area contributed by atoms with Crippen LogP contribution in [0, 0.1) is 13.8 Å². The molecule has 6 nitrogen and oxygen atoms in total. The number of hydrogen-bond donors (Lipinski definition) is 2. The van der Waals surface area contributed by atoms with Gasteiger partial charge in [-0.05, 0) is 55.7 Å². The molecule has 2 aromatic carbocycles. The third kappa shape index (κ3) is 6.29. The number of ether oxygens (including phenoxy) is 2. The Hall–Kier alpha value is -2.54. The molecule has 0 heterocycles. The standard InChI is InChI=1S/C20H23BrN2O4/c1-4-17(27-18-8-6-5-7-13(18)2)20(25)23-22-19(24)12-26-15-9-10-16(21)14(3)11-15/h5-11,17H,4,12H2,1-3H3,(H,22,24)(H,23,25). The second-order valence-electron chi connectivity index (χ2n) is 6.02. The fourth-order valence-electron chi connectivity index (χ4n) is 2.27. The molecule has 0 aromatic heterocycles. The Balaban J connectivity index is 1.81. The van der Waals surface area contributed by atoms with Crippen LogP contribution in [0.3, 0.4) is 0 Å². The van der Waals surface area contributed by atoms with E-state index in [-0.39, 0.29) is 6.61 Å². The van der Waals surface area contributed by atoms with Crippen molar-refractivity contribution in [3.8, 4) is 11.5 Å². The minimum Gasteiger partial charge on any atom is -0.484 e. The quantitative estimate of drug-likeness (QED) is 0.654. The monoisotopic (exact) mass is 434 g/mol. The van der Waals surface area contributed by atoms with E-state index in [0.717, 1.165) is 15.6 Å². The number of carbonyl (C=O) groups is 2. The first kappa shape index (κ1) is 20.8. The first-order chi connectivity index (χ1) is 12.9. The maximum atomic E-state index is 12.3. The molecule has 2 rings (SSSR count). The van der Waals surface area contributed by atoms with Gasteiger partial charge in [-0.25, -0.2) is 0 Å². The second-order valence-corrected chi connectivity index (χ2v) is 6.87. The highest BCUT2D eigenvalue weighted by atomic mass is 79.9. The molecule has 0 fully saturated rings. The van der Waals surface area contributed by atoms with Crippen molar-refractivity contribution < 1.29 is 19.1 Å². The number of hydrazine groups is 1. The van der Waals surface area contributed by atoms with Gasteiger partial charge in [-0.3, -0.25) is 20.4 Å². The molecule has 0 aliphatic carbocycles. The summed E-state index contributed by atoms with van der Waals surface area (Å²) < 4.78 is 12.1. The molecule has 1 atom stereocenters. The van der Waals surface area contributed by atoms with Gasteiger partial charge in [0, 0.05) is 4.47 Å². The number of nitrogens with one attached hydrogen (secondary N) is 2. The van der Waals surface area contributed by atoms with Crippen molar-refractivity contribution in [2.24, 2.45) is 0 Å². The van der Waals surface area contributed by atoms with E-state index in [0.29, 0.717) is 17.9 Å². The number of carbonyl (C=O) groups excluding carboxylic acids is 2. The summed E-state index contributed by atoms with van der Waals surface area (Å²) >= 11 is 3.40. The summed E-state index contributed by atoms with van der Waals surface area (Å²) in [4.78, 5) is 24.1. The van der Waals surface area contributed by atoms with Crippen molar-refractivity contribution >= 4 is 27.7 Å². The Morgan fingerprint density at radius 3 is 2.48 bits per heavy atom. The van der Waals surface area contributed by atoms with Gasteiger partial charge in [-0.15, -0.1) is 0 Å². The van der Waals surface area contributed by atoms with Gasteiger partial charge in [-0.1, -0.05) is 41.1 Å². The highest BCUT2D eigenvalue weighted by molar-refractivity contribution is 9.10. The second kappa shape index (κ2) is 9.97. The predicted molar refractivity (Wildman–Crippen MR) is 107 cm³/mol. The number of benzene rings is 2. The largest absolute Gasteiger partial charge is 0.484 e. The number of halogens is 1. The maximum Gasteiger partial charge on any atom is 0.279 e. The van der Waals surface area contributed by atoms with Crippen LogP contribution in [-0.4, -0.2) is 24.5 Å². The zero-order valence-corrected chi connectivity index (χ0v) is 17.1. The molecular formula is C20H23BrN2O4. The molecule has 7 heteroatoms. The molecule has 0 spiro atoms.